The fraction of sp³-hybridized carbons (Fsp3) is 0.915. The minimum Gasteiger partial charge on any atom is -0.475 e. The van der Waals surface area contributed by atoms with Crippen molar-refractivity contribution in [3.05, 3.63) is 12.2 Å². The molecule has 0 bridgehead atoms. The molecule has 0 saturated carbocycles. The molecule has 0 aromatic rings. The van der Waals surface area contributed by atoms with E-state index in [1.165, 1.54) is 250 Å². The molecule has 0 atom stereocenters. The Hall–Kier alpha value is -1.85. The van der Waals surface area contributed by atoms with Gasteiger partial charge in [-0.2, -0.15) is 0 Å². The molecule has 6 nitrogen and oxygen atoms in total. The summed E-state index contributed by atoms with van der Waals surface area (Å²) in [6.07, 6.45) is 59.2. The van der Waals surface area contributed by atoms with Crippen molar-refractivity contribution >= 4 is 17.8 Å². The predicted molar refractivity (Wildman–Crippen MR) is 281 cm³/mol. The summed E-state index contributed by atoms with van der Waals surface area (Å²) in [5, 5.41) is 0. The topological polar surface area (TPSA) is 74.2 Å². The number of hydrogen-bond donors (Lipinski definition) is 0. The second-order valence-electron chi connectivity index (χ2n) is 20.6. The highest BCUT2D eigenvalue weighted by molar-refractivity contribution is 5.94. The number of aliphatic imine (C=N–C) groups is 1. The Morgan fingerprint density at radius 1 is 0.400 bits per heavy atom. The molecule has 0 aliphatic carbocycles. The Morgan fingerprint density at radius 3 is 0.892 bits per heavy atom. The zero-order chi connectivity index (χ0) is 47.0. The van der Waals surface area contributed by atoms with E-state index < -0.39 is 5.54 Å². The van der Waals surface area contributed by atoms with Gasteiger partial charge in [0.25, 0.3) is 0 Å². The van der Waals surface area contributed by atoms with Crippen LogP contribution in [0.1, 0.15) is 323 Å². The molecule has 0 unspecified atom stereocenters. The summed E-state index contributed by atoms with van der Waals surface area (Å²) in [6, 6.07) is 0. The van der Waals surface area contributed by atoms with Crippen LogP contribution in [-0.4, -0.2) is 43.2 Å². The summed E-state index contributed by atoms with van der Waals surface area (Å²) in [4.78, 5) is 30.8. The molecule has 0 saturated heterocycles. The third-order valence-electron chi connectivity index (χ3n) is 13.9. The molecule has 65 heavy (non-hydrogen) atoms. The van der Waals surface area contributed by atoms with E-state index in [4.69, 9.17) is 19.2 Å². The van der Waals surface area contributed by atoms with Crippen LogP contribution in [0.3, 0.4) is 0 Å². The molecule has 0 N–H and O–H groups in total. The van der Waals surface area contributed by atoms with Gasteiger partial charge in [0.05, 0.1) is 0 Å². The monoisotopic (exact) mass is 914 g/mol. The minimum absolute atomic E-state index is 0.0620. The molecule has 6 heteroatoms. The Morgan fingerprint density at radius 2 is 0.631 bits per heavy atom. The highest BCUT2D eigenvalue weighted by Gasteiger charge is 2.40. The molecule has 1 rings (SSSR count). The van der Waals surface area contributed by atoms with Gasteiger partial charge in [-0.15, -0.1) is 0 Å². The SMILES string of the molecule is C=C(CCCCCCCCCCCCCCCC)C1=NC(COC(=O)CCCCCCCCCCCCCCCCC)(COC(=O)CCCCCCCCCCCCCCCCC)CO1. The fourth-order valence-electron chi connectivity index (χ4n) is 9.35. The van der Waals surface area contributed by atoms with Crippen LogP contribution >= 0.6 is 0 Å². The number of rotatable bonds is 52. The number of carbonyl (C=O) groups is 2. The first-order chi connectivity index (χ1) is 32.0. The molecule has 382 valence electrons. The summed E-state index contributed by atoms with van der Waals surface area (Å²) in [7, 11) is 0. The van der Waals surface area contributed by atoms with Gasteiger partial charge in [0.2, 0.25) is 5.90 Å². The van der Waals surface area contributed by atoms with Gasteiger partial charge in [-0.05, 0) is 25.7 Å². The van der Waals surface area contributed by atoms with E-state index in [0.29, 0.717) is 18.7 Å². The standard InChI is InChI=1S/C59H111NO5/c1-5-8-11-14-17-20-23-26-29-32-35-38-41-44-47-50-56(61)63-52-59(53-64-57(62)51-48-45-42-39-36-33-30-27-24-21-18-15-12-9-6-2)54-65-58(60-59)55(4)49-46-43-40-37-34-31-28-25-22-19-16-13-10-7-3/h4-54H2,1-3H3. The summed E-state index contributed by atoms with van der Waals surface area (Å²) in [5.74, 6) is 0.137. The van der Waals surface area contributed by atoms with Gasteiger partial charge in [-0.25, -0.2) is 4.99 Å². The quantitative estimate of drug-likeness (QED) is 0.0449. The number of carbonyl (C=O) groups excluding carboxylic acids is 2. The van der Waals surface area contributed by atoms with Gasteiger partial charge in [0, 0.05) is 18.4 Å². The fourth-order valence-corrected chi connectivity index (χ4v) is 9.35. The molecule has 1 aliphatic rings. The van der Waals surface area contributed by atoms with Crippen LogP contribution in [0.2, 0.25) is 0 Å². The van der Waals surface area contributed by atoms with Crippen LogP contribution in [0.4, 0.5) is 0 Å². The van der Waals surface area contributed by atoms with Crippen LogP contribution in [0, 0.1) is 0 Å². The van der Waals surface area contributed by atoms with Gasteiger partial charge < -0.3 is 14.2 Å². The maximum absolute atomic E-state index is 12.9. The summed E-state index contributed by atoms with van der Waals surface area (Å²) in [5.41, 5.74) is -0.0255. The summed E-state index contributed by atoms with van der Waals surface area (Å²) >= 11 is 0. The molecular weight excluding hydrogens is 803 g/mol. The van der Waals surface area contributed by atoms with E-state index in [-0.39, 0.29) is 31.8 Å². The lowest BCUT2D eigenvalue weighted by Gasteiger charge is -2.23. The Labute approximate surface area is 405 Å². The van der Waals surface area contributed by atoms with Gasteiger partial charge >= 0.3 is 11.9 Å². The third-order valence-corrected chi connectivity index (χ3v) is 13.9. The summed E-state index contributed by atoms with van der Waals surface area (Å²) < 4.78 is 17.8. The molecule has 0 fully saturated rings. The van der Waals surface area contributed by atoms with E-state index in [0.717, 1.165) is 44.1 Å². The highest BCUT2D eigenvalue weighted by Crippen LogP contribution is 2.26. The highest BCUT2D eigenvalue weighted by atomic mass is 16.6. The average molecular weight is 915 g/mol. The Bertz CT molecular complexity index is 1050. The van der Waals surface area contributed by atoms with Gasteiger partial charge in [-0.1, -0.05) is 291 Å². The van der Waals surface area contributed by atoms with Crippen molar-refractivity contribution in [2.75, 3.05) is 19.8 Å². The van der Waals surface area contributed by atoms with E-state index in [9.17, 15) is 9.59 Å². The molecule has 0 aromatic heterocycles. The van der Waals surface area contributed by atoms with Crippen molar-refractivity contribution in [1.82, 2.24) is 0 Å². The first kappa shape index (κ1) is 61.2. The van der Waals surface area contributed by atoms with Crippen LogP contribution in [-0.2, 0) is 23.8 Å². The van der Waals surface area contributed by atoms with Gasteiger partial charge in [0.1, 0.15) is 19.8 Å². The zero-order valence-corrected chi connectivity index (χ0v) is 44.1. The second-order valence-corrected chi connectivity index (χ2v) is 20.6. The number of unbranched alkanes of at least 4 members (excludes halogenated alkanes) is 41. The number of esters is 2. The van der Waals surface area contributed by atoms with Crippen molar-refractivity contribution in [3.8, 4) is 0 Å². The van der Waals surface area contributed by atoms with Crippen molar-refractivity contribution in [3.63, 3.8) is 0 Å². The van der Waals surface area contributed by atoms with Gasteiger partial charge in [-0.3, -0.25) is 9.59 Å². The first-order valence-electron chi connectivity index (χ1n) is 29.2. The first-order valence-corrected chi connectivity index (χ1v) is 29.2. The van der Waals surface area contributed by atoms with Crippen molar-refractivity contribution in [1.29, 1.82) is 0 Å². The van der Waals surface area contributed by atoms with Crippen molar-refractivity contribution in [2.45, 2.75) is 328 Å². The normalized spacial score (nSPS) is 13.2. The van der Waals surface area contributed by atoms with Crippen LogP contribution < -0.4 is 0 Å². The van der Waals surface area contributed by atoms with Crippen LogP contribution in [0.5, 0.6) is 0 Å². The lowest BCUT2D eigenvalue weighted by Crippen LogP contribution is -2.41. The zero-order valence-electron chi connectivity index (χ0n) is 44.1. The second kappa shape index (κ2) is 47.2. The third kappa shape index (κ3) is 39.8. The Balaban J connectivity index is 2.39. The molecule has 1 aliphatic heterocycles. The maximum Gasteiger partial charge on any atom is 0.305 e. The summed E-state index contributed by atoms with van der Waals surface area (Å²) in [6.45, 7) is 11.5. The van der Waals surface area contributed by atoms with Crippen molar-refractivity contribution in [2.24, 2.45) is 4.99 Å². The number of ether oxygens (including phenoxy) is 3. The minimum atomic E-state index is -0.913. The van der Waals surface area contributed by atoms with Crippen molar-refractivity contribution < 1.29 is 23.8 Å². The van der Waals surface area contributed by atoms with Crippen LogP contribution in [0.25, 0.3) is 0 Å². The smallest absolute Gasteiger partial charge is 0.305 e. The Kier molecular flexibility index (Phi) is 44.4. The van der Waals surface area contributed by atoms with E-state index >= 15 is 0 Å². The molecule has 1 heterocycles. The van der Waals surface area contributed by atoms with Gasteiger partial charge in [0.15, 0.2) is 5.54 Å². The molecule has 0 spiro atoms. The lowest BCUT2D eigenvalue weighted by atomic mass is 10.0. The lowest BCUT2D eigenvalue weighted by molar-refractivity contribution is -0.150. The molecular formula is C59H111NO5. The van der Waals surface area contributed by atoms with Crippen LogP contribution in [0.15, 0.2) is 17.1 Å². The van der Waals surface area contributed by atoms with E-state index in [1.54, 1.807) is 0 Å². The van der Waals surface area contributed by atoms with E-state index in [2.05, 4.69) is 27.4 Å². The largest absolute Gasteiger partial charge is 0.475 e. The van der Waals surface area contributed by atoms with E-state index in [1.807, 2.05) is 0 Å². The average Bonchev–Trinajstić information content (AvgIpc) is 3.75. The number of nitrogens with zero attached hydrogens (tertiary/aromatic N) is 1. The predicted octanol–water partition coefficient (Wildman–Crippen LogP) is 19.2. The number of hydrogen-bond acceptors (Lipinski definition) is 6. The molecule has 0 amide bonds. The molecule has 0 radical (unpaired) electrons. The molecule has 0 aromatic carbocycles. The maximum atomic E-state index is 12.9.